The van der Waals surface area contributed by atoms with Gasteiger partial charge in [0.15, 0.2) is 0 Å². The zero-order valence-corrected chi connectivity index (χ0v) is 15.1. The first-order valence-corrected chi connectivity index (χ1v) is 8.70. The second-order valence-electron chi connectivity index (χ2n) is 6.71. The zero-order chi connectivity index (χ0) is 21.7. The molecule has 2 aromatic rings. The van der Waals surface area contributed by atoms with E-state index in [-0.39, 0.29) is 57.3 Å². The minimum atomic E-state index is -1.33. The van der Waals surface area contributed by atoms with Crippen molar-refractivity contribution < 1.29 is 39.0 Å². The Morgan fingerprint density at radius 1 is 0.633 bits per heavy atom. The van der Waals surface area contributed by atoms with E-state index >= 15 is 0 Å². The first-order chi connectivity index (χ1) is 14.2. The monoisotopic (exact) mass is 408 g/mol. The topological polar surface area (TPSA) is 167 Å². The molecule has 2 aliphatic rings. The molecule has 2 aliphatic heterocycles. The van der Waals surface area contributed by atoms with Crippen molar-refractivity contribution >= 4 is 35.6 Å². The number of imide groups is 2. The van der Waals surface area contributed by atoms with Crippen LogP contribution in [0.1, 0.15) is 73.3 Å². The summed E-state index contributed by atoms with van der Waals surface area (Å²) in [6.07, 6.45) is -0.298. The molecule has 0 aromatic heterocycles. The van der Waals surface area contributed by atoms with Crippen molar-refractivity contribution in [2.24, 2.45) is 0 Å². The molecule has 4 rings (SSSR count). The molecule has 0 aliphatic carbocycles. The van der Waals surface area contributed by atoms with Crippen molar-refractivity contribution in [3.8, 4) is 0 Å². The SMILES string of the molecule is O=C(O)c1ccc2c(c1CCc1c(C(=O)O)ccc3c1C(=O)NC3=O)C(=O)NC2=O. The second-order valence-corrected chi connectivity index (χ2v) is 6.71. The van der Waals surface area contributed by atoms with Gasteiger partial charge in [-0.1, -0.05) is 0 Å². The van der Waals surface area contributed by atoms with E-state index in [1.54, 1.807) is 0 Å². The van der Waals surface area contributed by atoms with E-state index in [9.17, 15) is 39.0 Å². The Bertz CT molecular complexity index is 1130. The number of fused-ring (bicyclic) bond motifs is 2. The molecule has 0 fully saturated rings. The number of rotatable bonds is 5. The normalized spacial score (nSPS) is 14.3. The number of carboxylic acid groups (broad SMARTS) is 2. The van der Waals surface area contributed by atoms with Crippen LogP contribution in [-0.4, -0.2) is 45.8 Å². The van der Waals surface area contributed by atoms with E-state index in [2.05, 4.69) is 10.6 Å². The molecule has 0 saturated carbocycles. The number of hydrogen-bond acceptors (Lipinski definition) is 6. The third-order valence-corrected chi connectivity index (χ3v) is 5.11. The summed E-state index contributed by atoms with van der Waals surface area (Å²) in [4.78, 5) is 71.6. The summed E-state index contributed by atoms with van der Waals surface area (Å²) >= 11 is 0. The highest BCUT2D eigenvalue weighted by Gasteiger charge is 2.34. The molecular weight excluding hydrogens is 396 g/mol. The lowest BCUT2D eigenvalue weighted by Gasteiger charge is -2.13. The first kappa shape index (κ1) is 19.0. The van der Waals surface area contributed by atoms with E-state index in [0.717, 1.165) is 0 Å². The third-order valence-electron chi connectivity index (χ3n) is 5.11. The predicted octanol–water partition coefficient (Wildman–Crippen LogP) is 0.635. The van der Waals surface area contributed by atoms with Crippen molar-refractivity contribution in [3.63, 3.8) is 0 Å². The Morgan fingerprint density at radius 2 is 1.00 bits per heavy atom. The smallest absolute Gasteiger partial charge is 0.335 e. The fourth-order valence-corrected chi connectivity index (χ4v) is 3.83. The Balaban J connectivity index is 1.84. The summed E-state index contributed by atoms with van der Waals surface area (Å²) < 4.78 is 0. The van der Waals surface area contributed by atoms with Gasteiger partial charge in [0.25, 0.3) is 23.6 Å². The number of amides is 4. The van der Waals surface area contributed by atoms with Crippen LogP contribution in [0.2, 0.25) is 0 Å². The van der Waals surface area contributed by atoms with Gasteiger partial charge in [-0.15, -0.1) is 0 Å². The Morgan fingerprint density at radius 3 is 1.33 bits per heavy atom. The highest BCUT2D eigenvalue weighted by atomic mass is 16.4. The van der Waals surface area contributed by atoms with Crippen LogP contribution in [0.4, 0.5) is 0 Å². The predicted molar refractivity (Wildman–Crippen MR) is 97.8 cm³/mol. The fraction of sp³-hybridized carbons (Fsp3) is 0.100. The summed E-state index contributed by atoms with van der Waals surface area (Å²) in [7, 11) is 0. The van der Waals surface area contributed by atoms with Crippen molar-refractivity contribution in [1.29, 1.82) is 0 Å². The average Bonchev–Trinajstić information content (AvgIpc) is 3.14. The fourth-order valence-electron chi connectivity index (χ4n) is 3.83. The third kappa shape index (κ3) is 2.73. The average molecular weight is 408 g/mol. The lowest BCUT2D eigenvalue weighted by molar-refractivity contribution is 0.0683. The van der Waals surface area contributed by atoms with E-state index in [1.165, 1.54) is 24.3 Å². The van der Waals surface area contributed by atoms with Crippen molar-refractivity contribution in [1.82, 2.24) is 10.6 Å². The molecule has 150 valence electrons. The largest absolute Gasteiger partial charge is 0.478 e. The molecule has 0 bridgehead atoms. The molecule has 2 heterocycles. The van der Waals surface area contributed by atoms with Crippen LogP contribution < -0.4 is 10.6 Å². The number of aromatic carboxylic acids is 2. The molecule has 0 unspecified atom stereocenters. The molecule has 4 N–H and O–H groups in total. The van der Waals surface area contributed by atoms with Crippen LogP contribution in [0, 0.1) is 0 Å². The molecule has 30 heavy (non-hydrogen) atoms. The van der Waals surface area contributed by atoms with E-state index in [0.29, 0.717) is 0 Å². The van der Waals surface area contributed by atoms with Crippen LogP contribution in [0.15, 0.2) is 24.3 Å². The molecule has 0 atom stereocenters. The zero-order valence-electron chi connectivity index (χ0n) is 15.1. The Hall–Kier alpha value is -4.34. The van der Waals surface area contributed by atoms with Gasteiger partial charge in [0, 0.05) is 0 Å². The first-order valence-electron chi connectivity index (χ1n) is 8.70. The number of carbonyl (C=O) groups is 6. The van der Waals surface area contributed by atoms with Gasteiger partial charge in [0.2, 0.25) is 0 Å². The maximum Gasteiger partial charge on any atom is 0.335 e. The number of hydrogen-bond donors (Lipinski definition) is 4. The lowest BCUT2D eigenvalue weighted by atomic mass is 9.88. The van der Waals surface area contributed by atoms with Crippen molar-refractivity contribution in [2.45, 2.75) is 12.8 Å². The van der Waals surface area contributed by atoms with Gasteiger partial charge in [0.1, 0.15) is 0 Å². The van der Waals surface area contributed by atoms with Crippen LogP contribution in [0.3, 0.4) is 0 Å². The summed E-state index contributed by atoms with van der Waals surface area (Å²) in [6.45, 7) is 0. The van der Waals surface area contributed by atoms with Crippen LogP contribution >= 0.6 is 0 Å². The minimum Gasteiger partial charge on any atom is -0.478 e. The van der Waals surface area contributed by atoms with Gasteiger partial charge in [-0.25, -0.2) is 9.59 Å². The summed E-state index contributed by atoms with van der Waals surface area (Å²) in [5.41, 5.74) is -0.500. The van der Waals surface area contributed by atoms with Crippen molar-refractivity contribution in [2.75, 3.05) is 0 Å². The standard InChI is InChI=1S/C20H12N2O8/c23-15-11-5-3-9(19(27)28)7(13(11)17(25)21-15)1-2-8-10(20(29)30)4-6-12-14(8)18(26)22-16(12)24/h3-6H,1-2H2,(H,27,28)(H,29,30)(H,21,23,25)(H,22,24,26). The van der Waals surface area contributed by atoms with Gasteiger partial charge in [-0.05, 0) is 48.2 Å². The van der Waals surface area contributed by atoms with E-state index in [1.807, 2.05) is 0 Å². The molecule has 10 heteroatoms. The number of carbonyl (C=O) groups excluding carboxylic acids is 4. The summed E-state index contributed by atoms with van der Waals surface area (Å²) in [6, 6.07) is 4.85. The number of carboxylic acids is 2. The molecule has 0 spiro atoms. The van der Waals surface area contributed by atoms with Crippen LogP contribution in [0.25, 0.3) is 0 Å². The number of benzene rings is 2. The van der Waals surface area contributed by atoms with E-state index in [4.69, 9.17) is 0 Å². The maximum absolute atomic E-state index is 12.2. The minimum absolute atomic E-state index is 0.0182. The molecule has 0 radical (unpaired) electrons. The van der Waals surface area contributed by atoms with Gasteiger partial charge in [-0.3, -0.25) is 29.8 Å². The second kappa shape index (κ2) is 6.62. The highest BCUT2D eigenvalue weighted by molar-refractivity contribution is 6.23. The molecule has 2 aromatic carbocycles. The molecule has 10 nitrogen and oxygen atoms in total. The molecule has 0 saturated heterocycles. The van der Waals surface area contributed by atoms with Crippen LogP contribution in [0.5, 0.6) is 0 Å². The molecule has 4 amide bonds. The Kier molecular flexibility index (Phi) is 4.19. The van der Waals surface area contributed by atoms with E-state index < -0.39 is 35.6 Å². The highest BCUT2D eigenvalue weighted by Crippen LogP contribution is 2.29. The van der Waals surface area contributed by atoms with Gasteiger partial charge in [-0.2, -0.15) is 0 Å². The molecular formula is C20H12N2O8. The Labute approximate surface area is 167 Å². The maximum atomic E-state index is 12.2. The summed E-state index contributed by atoms with van der Waals surface area (Å²) in [5, 5.41) is 23.2. The van der Waals surface area contributed by atoms with Gasteiger partial charge in [0.05, 0.1) is 33.4 Å². The van der Waals surface area contributed by atoms with Gasteiger partial charge >= 0.3 is 11.9 Å². The number of nitrogens with one attached hydrogen (secondary N) is 2. The lowest BCUT2D eigenvalue weighted by Crippen LogP contribution is -2.21. The van der Waals surface area contributed by atoms with Crippen molar-refractivity contribution in [3.05, 3.63) is 68.8 Å². The van der Waals surface area contributed by atoms with Crippen LogP contribution in [-0.2, 0) is 12.8 Å². The summed E-state index contributed by atoms with van der Waals surface area (Å²) in [5.74, 6) is -5.49. The van der Waals surface area contributed by atoms with Gasteiger partial charge < -0.3 is 10.2 Å². The quantitative estimate of drug-likeness (QED) is 0.523.